The van der Waals surface area contributed by atoms with Crippen LogP contribution in [0.4, 0.5) is 11.4 Å². The summed E-state index contributed by atoms with van der Waals surface area (Å²) in [5.74, 6) is -0.211. The largest absolute Gasteiger partial charge is 0.398 e. The van der Waals surface area contributed by atoms with Crippen molar-refractivity contribution in [3.05, 3.63) is 41.2 Å². The minimum atomic E-state index is -0.211. The molecule has 0 aliphatic rings. The van der Waals surface area contributed by atoms with Crippen molar-refractivity contribution in [1.82, 2.24) is 9.78 Å². The predicted molar refractivity (Wildman–Crippen MR) is 80.9 cm³/mol. The minimum absolute atomic E-state index is 0.211. The Hall–Kier alpha value is -2.30. The van der Waals surface area contributed by atoms with E-state index in [1.807, 2.05) is 18.5 Å². The van der Waals surface area contributed by atoms with Crippen LogP contribution in [0.1, 0.15) is 41.6 Å². The first-order valence-corrected chi connectivity index (χ1v) is 6.63. The van der Waals surface area contributed by atoms with Crippen molar-refractivity contribution < 1.29 is 4.79 Å². The number of anilines is 2. The Morgan fingerprint density at radius 3 is 2.50 bits per heavy atom. The van der Waals surface area contributed by atoms with Gasteiger partial charge in [0, 0.05) is 11.7 Å². The van der Waals surface area contributed by atoms with E-state index in [0.29, 0.717) is 11.3 Å². The maximum absolute atomic E-state index is 12.3. The van der Waals surface area contributed by atoms with Crippen molar-refractivity contribution in [2.45, 2.75) is 33.7 Å². The average molecular weight is 272 g/mol. The van der Waals surface area contributed by atoms with Crippen molar-refractivity contribution in [3.8, 4) is 0 Å². The van der Waals surface area contributed by atoms with Crippen molar-refractivity contribution in [2.24, 2.45) is 0 Å². The molecule has 1 aromatic carbocycles. The molecule has 106 valence electrons. The highest BCUT2D eigenvalue weighted by Gasteiger charge is 2.17. The minimum Gasteiger partial charge on any atom is -0.398 e. The molecule has 2 rings (SSSR count). The summed E-state index contributed by atoms with van der Waals surface area (Å²) >= 11 is 0. The van der Waals surface area contributed by atoms with Gasteiger partial charge in [-0.1, -0.05) is 12.1 Å². The molecule has 0 aliphatic heterocycles. The van der Waals surface area contributed by atoms with Gasteiger partial charge in [-0.2, -0.15) is 5.10 Å². The lowest BCUT2D eigenvalue weighted by Gasteiger charge is -2.10. The summed E-state index contributed by atoms with van der Waals surface area (Å²) in [5.41, 5.74) is 9.27. The van der Waals surface area contributed by atoms with Crippen LogP contribution >= 0.6 is 0 Å². The number of carbonyl (C=O) groups is 1. The van der Waals surface area contributed by atoms with Gasteiger partial charge < -0.3 is 11.1 Å². The number of hydrogen-bond acceptors (Lipinski definition) is 3. The van der Waals surface area contributed by atoms with Gasteiger partial charge in [-0.15, -0.1) is 0 Å². The van der Waals surface area contributed by atoms with Crippen LogP contribution in [0, 0.1) is 13.8 Å². The number of carbonyl (C=O) groups excluding carboxylic acids is 1. The fourth-order valence-corrected chi connectivity index (χ4v) is 2.23. The van der Waals surface area contributed by atoms with Crippen molar-refractivity contribution >= 4 is 17.3 Å². The summed E-state index contributed by atoms with van der Waals surface area (Å²) in [6.45, 7) is 7.94. The van der Waals surface area contributed by atoms with E-state index in [2.05, 4.69) is 24.3 Å². The maximum atomic E-state index is 12.3. The molecule has 0 saturated carbocycles. The van der Waals surface area contributed by atoms with Crippen LogP contribution in [0.5, 0.6) is 0 Å². The van der Waals surface area contributed by atoms with Gasteiger partial charge in [-0.05, 0) is 39.8 Å². The highest BCUT2D eigenvalue weighted by atomic mass is 16.1. The second kappa shape index (κ2) is 5.36. The summed E-state index contributed by atoms with van der Waals surface area (Å²) < 4.78 is 1.90. The van der Waals surface area contributed by atoms with Gasteiger partial charge in [0.15, 0.2) is 0 Å². The Balaban J connectivity index is 2.31. The lowest BCUT2D eigenvalue weighted by atomic mass is 10.1. The number of aryl methyl sites for hydroxylation is 1. The number of hydrogen-bond donors (Lipinski definition) is 2. The SMILES string of the molecule is Cc1nn(C(C)C)c(C)c1NC(=O)c1ccccc1N. The molecule has 0 unspecified atom stereocenters. The van der Waals surface area contributed by atoms with Gasteiger partial charge in [0.2, 0.25) is 0 Å². The molecule has 0 saturated heterocycles. The number of amides is 1. The molecule has 5 nitrogen and oxygen atoms in total. The molecule has 0 spiro atoms. The third-order valence-corrected chi connectivity index (χ3v) is 3.26. The molecule has 3 N–H and O–H groups in total. The van der Waals surface area contributed by atoms with Gasteiger partial charge in [-0.3, -0.25) is 9.48 Å². The van der Waals surface area contributed by atoms with E-state index in [4.69, 9.17) is 5.73 Å². The predicted octanol–water partition coefficient (Wildman–Crippen LogP) is 2.92. The van der Waals surface area contributed by atoms with Gasteiger partial charge in [0.1, 0.15) is 0 Å². The zero-order chi connectivity index (χ0) is 14.9. The van der Waals surface area contributed by atoms with E-state index in [1.165, 1.54) is 0 Å². The van der Waals surface area contributed by atoms with E-state index in [1.54, 1.807) is 24.3 Å². The van der Waals surface area contributed by atoms with Crippen LogP contribution in [0.3, 0.4) is 0 Å². The molecule has 1 heterocycles. The number of rotatable bonds is 3. The zero-order valence-electron chi connectivity index (χ0n) is 12.3. The lowest BCUT2D eigenvalue weighted by molar-refractivity contribution is 0.102. The molecule has 20 heavy (non-hydrogen) atoms. The third kappa shape index (κ3) is 2.52. The number of nitrogens with two attached hydrogens (primary N) is 1. The Labute approximate surface area is 118 Å². The number of benzene rings is 1. The smallest absolute Gasteiger partial charge is 0.257 e. The Bertz CT molecular complexity index is 643. The second-order valence-corrected chi connectivity index (χ2v) is 5.13. The molecule has 0 radical (unpaired) electrons. The standard InChI is InChI=1S/C15H20N4O/c1-9(2)19-11(4)14(10(3)18-19)17-15(20)12-7-5-6-8-13(12)16/h5-9H,16H2,1-4H3,(H,17,20). The molecule has 5 heteroatoms. The van der Waals surface area contributed by atoms with Crippen molar-refractivity contribution in [1.29, 1.82) is 0 Å². The van der Waals surface area contributed by atoms with Gasteiger partial charge in [-0.25, -0.2) is 0 Å². The maximum Gasteiger partial charge on any atom is 0.257 e. The van der Waals surface area contributed by atoms with Crippen molar-refractivity contribution in [2.75, 3.05) is 11.1 Å². The summed E-state index contributed by atoms with van der Waals surface area (Å²) in [4.78, 5) is 12.3. The van der Waals surface area contributed by atoms with E-state index >= 15 is 0 Å². The van der Waals surface area contributed by atoms with E-state index < -0.39 is 0 Å². The normalized spacial score (nSPS) is 10.8. The second-order valence-electron chi connectivity index (χ2n) is 5.13. The summed E-state index contributed by atoms with van der Waals surface area (Å²) in [5, 5.41) is 7.36. The number of para-hydroxylation sites is 1. The quantitative estimate of drug-likeness (QED) is 0.844. The Morgan fingerprint density at radius 1 is 1.30 bits per heavy atom. The van der Waals surface area contributed by atoms with Crippen LogP contribution in [0.15, 0.2) is 24.3 Å². The average Bonchev–Trinajstić information content (AvgIpc) is 2.67. The molecule has 0 atom stereocenters. The zero-order valence-corrected chi connectivity index (χ0v) is 12.3. The molecule has 0 bridgehead atoms. The Morgan fingerprint density at radius 2 is 1.95 bits per heavy atom. The molecule has 1 aromatic heterocycles. The number of nitrogens with one attached hydrogen (secondary N) is 1. The van der Waals surface area contributed by atoms with Crippen LogP contribution in [-0.2, 0) is 0 Å². The molecule has 0 aliphatic carbocycles. The van der Waals surface area contributed by atoms with Crippen LogP contribution in [-0.4, -0.2) is 15.7 Å². The lowest BCUT2D eigenvalue weighted by Crippen LogP contribution is -2.15. The highest BCUT2D eigenvalue weighted by Crippen LogP contribution is 2.23. The molecular formula is C15H20N4O. The van der Waals surface area contributed by atoms with Crippen molar-refractivity contribution in [3.63, 3.8) is 0 Å². The third-order valence-electron chi connectivity index (χ3n) is 3.26. The molecule has 1 amide bonds. The van der Waals surface area contributed by atoms with E-state index in [9.17, 15) is 4.79 Å². The topological polar surface area (TPSA) is 72.9 Å². The number of aromatic nitrogens is 2. The van der Waals surface area contributed by atoms with Crippen LogP contribution < -0.4 is 11.1 Å². The number of nitrogen functional groups attached to an aromatic ring is 1. The van der Waals surface area contributed by atoms with Gasteiger partial charge in [0.25, 0.3) is 5.91 Å². The summed E-state index contributed by atoms with van der Waals surface area (Å²) in [6, 6.07) is 7.28. The van der Waals surface area contributed by atoms with E-state index in [0.717, 1.165) is 17.1 Å². The van der Waals surface area contributed by atoms with Gasteiger partial charge >= 0.3 is 0 Å². The van der Waals surface area contributed by atoms with Gasteiger partial charge in [0.05, 0.1) is 22.6 Å². The Kier molecular flexibility index (Phi) is 3.79. The number of nitrogens with zero attached hydrogens (tertiary/aromatic N) is 2. The monoisotopic (exact) mass is 272 g/mol. The summed E-state index contributed by atoms with van der Waals surface area (Å²) in [6.07, 6.45) is 0. The first-order valence-electron chi connectivity index (χ1n) is 6.63. The first kappa shape index (κ1) is 14.1. The highest BCUT2D eigenvalue weighted by molar-refractivity contribution is 6.08. The summed E-state index contributed by atoms with van der Waals surface area (Å²) in [7, 11) is 0. The fraction of sp³-hybridized carbons (Fsp3) is 0.333. The molecule has 0 fully saturated rings. The molecular weight excluding hydrogens is 252 g/mol. The fourth-order valence-electron chi connectivity index (χ4n) is 2.23. The van der Waals surface area contributed by atoms with Crippen LogP contribution in [0.2, 0.25) is 0 Å². The van der Waals surface area contributed by atoms with E-state index in [-0.39, 0.29) is 11.9 Å². The van der Waals surface area contributed by atoms with Crippen LogP contribution in [0.25, 0.3) is 0 Å². The first-order chi connectivity index (χ1) is 9.41. The molecule has 2 aromatic rings.